The summed E-state index contributed by atoms with van der Waals surface area (Å²) in [5.74, 6) is 0.803. The summed E-state index contributed by atoms with van der Waals surface area (Å²) in [6, 6.07) is 11.1. The summed E-state index contributed by atoms with van der Waals surface area (Å²) in [5, 5.41) is 11.1. The van der Waals surface area contributed by atoms with Gasteiger partial charge >= 0.3 is 0 Å². The molecule has 10 heteroatoms. The highest BCUT2D eigenvalue weighted by Gasteiger charge is 2.32. The number of non-ortho nitro benzene ring substituents is 1. The van der Waals surface area contributed by atoms with Crippen LogP contribution < -0.4 is 14.4 Å². The highest BCUT2D eigenvalue weighted by atomic mass is 32.2. The molecule has 2 aromatic carbocycles. The van der Waals surface area contributed by atoms with Crippen molar-refractivity contribution in [3.63, 3.8) is 0 Å². The fourth-order valence-corrected chi connectivity index (χ4v) is 4.78. The van der Waals surface area contributed by atoms with Crippen molar-refractivity contribution >= 4 is 21.4 Å². The Morgan fingerprint density at radius 3 is 2.21 bits per heavy atom. The number of anilines is 1. The van der Waals surface area contributed by atoms with Crippen molar-refractivity contribution in [1.29, 1.82) is 0 Å². The number of hydrogen-bond acceptors (Lipinski definition) is 7. The Morgan fingerprint density at radius 2 is 1.61 bits per heavy atom. The van der Waals surface area contributed by atoms with E-state index in [4.69, 9.17) is 9.47 Å². The second-order valence-electron chi connectivity index (χ2n) is 6.16. The van der Waals surface area contributed by atoms with E-state index in [2.05, 4.69) is 4.90 Å². The van der Waals surface area contributed by atoms with Crippen molar-refractivity contribution in [3.05, 3.63) is 52.6 Å². The molecule has 0 N–H and O–H groups in total. The molecule has 0 bridgehead atoms. The van der Waals surface area contributed by atoms with E-state index >= 15 is 0 Å². The molecule has 3 rings (SSSR count). The van der Waals surface area contributed by atoms with E-state index in [0.717, 1.165) is 17.5 Å². The van der Waals surface area contributed by atoms with Gasteiger partial charge in [0.05, 0.1) is 24.8 Å². The molecule has 0 radical (unpaired) electrons. The monoisotopic (exact) mass is 407 g/mol. The molecule has 0 unspecified atom stereocenters. The van der Waals surface area contributed by atoms with Crippen LogP contribution in [0.15, 0.2) is 47.4 Å². The maximum absolute atomic E-state index is 13.1. The number of rotatable bonds is 6. The first-order valence-corrected chi connectivity index (χ1v) is 10.0. The fraction of sp³-hybridized carbons (Fsp3) is 0.333. The molecule has 0 spiro atoms. The van der Waals surface area contributed by atoms with Crippen molar-refractivity contribution in [1.82, 2.24) is 4.31 Å². The third kappa shape index (κ3) is 3.73. The van der Waals surface area contributed by atoms with Crippen LogP contribution >= 0.6 is 0 Å². The highest BCUT2D eigenvalue weighted by Crippen LogP contribution is 2.33. The topological polar surface area (TPSA) is 102 Å². The maximum atomic E-state index is 13.1. The number of hydrogen-bond donors (Lipinski definition) is 0. The zero-order chi connectivity index (χ0) is 20.3. The van der Waals surface area contributed by atoms with Crippen LogP contribution in [-0.4, -0.2) is 58.0 Å². The summed E-state index contributed by atoms with van der Waals surface area (Å²) >= 11 is 0. The predicted octanol–water partition coefficient (Wildman–Crippen LogP) is 2.12. The van der Waals surface area contributed by atoms with Crippen molar-refractivity contribution in [2.75, 3.05) is 45.3 Å². The minimum absolute atomic E-state index is 0.0813. The van der Waals surface area contributed by atoms with Gasteiger partial charge in [-0.05, 0) is 18.2 Å². The summed E-state index contributed by atoms with van der Waals surface area (Å²) in [6.45, 7) is 1.42. The molecule has 0 aromatic heterocycles. The Hall–Kier alpha value is -2.85. The Kier molecular flexibility index (Phi) is 5.71. The van der Waals surface area contributed by atoms with Crippen LogP contribution in [0.5, 0.6) is 11.5 Å². The van der Waals surface area contributed by atoms with Gasteiger partial charge in [0.1, 0.15) is 16.4 Å². The van der Waals surface area contributed by atoms with E-state index in [9.17, 15) is 18.5 Å². The third-order valence-corrected chi connectivity index (χ3v) is 6.56. The third-order valence-electron chi connectivity index (χ3n) is 4.64. The summed E-state index contributed by atoms with van der Waals surface area (Å²) in [7, 11) is -1.01. The highest BCUT2D eigenvalue weighted by molar-refractivity contribution is 7.89. The van der Waals surface area contributed by atoms with E-state index in [0.29, 0.717) is 13.1 Å². The Balaban J connectivity index is 1.84. The van der Waals surface area contributed by atoms with Crippen molar-refractivity contribution < 1.29 is 22.8 Å². The van der Waals surface area contributed by atoms with E-state index in [1.807, 2.05) is 24.3 Å². The summed E-state index contributed by atoms with van der Waals surface area (Å²) < 4.78 is 38.0. The molecule has 9 nitrogen and oxygen atoms in total. The number of para-hydroxylation sites is 2. The first kappa shape index (κ1) is 19.9. The minimum Gasteiger partial charge on any atom is -0.495 e. The molecule has 0 atom stereocenters. The lowest BCUT2D eigenvalue weighted by molar-refractivity contribution is -0.385. The molecule has 1 aliphatic heterocycles. The summed E-state index contributed by atoms with van der Waals surface area (Å²) in [6.07, 6.45) is 0. The molecule has 1 saturated heterocycles. The van der Waals surface area contributed by atoms with Gasteiger partial charge in [0.15, 0.2) is 0 Å². The van der Waals surface area contributed by atoms with Gasteiger partial charge in [-0.3, -0.25) is 10.1 Å². The molecule has 0 saturated carbocycles. The zero-order valence-corrected chi connectivity index (χ0v) is 16.4. The van der Waals surface area contributed by atoms with Gasteiger partial charge in [-0.2, -0.15) is 4.31 Å². The summed E-state index contributed by atoms with van der Waals surface area (Å²) in [5.41, 5.74) is 0.599. The zero-order valence-electron chi connectivity index (χ0n) is 15.6. The van der Waals surface area contributed by atoms with Crippen LogP contribution in [0.3, 0.4) is 0 Å². The fourth-order valence-electron chi connectivity index (χ4n) is 3.18. The van der Waals surface area contributed by atoms with Gasteiger partial charge in [-0.1, -0.05) is 12.1 Å². The van der Waals surface area contributed by atoms with Gasteiger partial charge in [0, 0.05) is 38.3 Å². The summed E-state index contributed by atoms with van der Waals surface area (Å²) in [4.78, 5) is 12.3. The Morgan fingerprint density at radius 1 is 0.964 bits per heavy atom. The van der Waals surface area contributed by atoms with Gasteiger partial charge in [0.2, 0.25) is 10.0 Å². The van der Waals surface area contributed by atoms with Gasteiger partial charge in [0.25, 0.3) is 5.69 Å². The first-order valence-electron chi connectivity index (χ1n) is 8.59. The second-order valence-corrected chi connectivity index (χ2v) is 8.06. The normalized spacial score (nSPS) is 15.3. The molecule has 150 valence electrons. The Labute approximate surface area is 163 Å². The van der Waals surface area contributed by atoms with Crippen molar-refractivity contribution in [2.24, 2.45) is 0 Å². The van der Waals surface area contributed by atoms with Crippen LogP contribution in [0.1, 0.15) is 0 Å². The molecular weight excluding hydrogens is 386 g/mol. The van der Waals surface area contributed by atoms with E-state index in [1.54, 1.807) is 7.11 Å². The number of nitrogens with zero attached hydrogens (tertiary/aromatic N) is 3. The average Bonchev–Trinajstić information content (AvgIpc) is 2.73. The maximum Gasteiger partial charge on any atom is 0.271 e. The van der Waals surface area contributed by atoms with Gasteiger partial charge in [-0.25, -0.2) is 8.42 Å². The quantitative estimate of drug-likeness (QED) is 0.534. The molecule has 0 amide bonds. The molecule has 2 aromatic rings. The minimum atomic E-state index is -3.94. The lowest BCUT2D eigenvalue weighted by Crippen LogP contribution is -2.48. The average molecular weight is 407 g/mol. The van der Waals surface area contributed by atoms with Gasteiger partial charge in [-0.15, -0.1) is 0 Å². The first-order chi connectivity index (χ1) is 13.4. The number of piperazine rings is 1. The van der Waals surface area contributed by atoms with Crippen molar-refractivity contribution in [2.45, 2.75) is 4.90 Å². The van der Waals surface area contributed by atoms with Crippen LogP contribution in [-0.2, 0) is 10.0 Å². The van der Waals surface area contributed by atoms with E-state index in [1.165, 1.54) is 23.5 Å². The Bertz CT molecular complexity index is 971. The SMILES string of the molecule is COc1ccccc1N1CCN(S(=O)(=O)c2cc([N+](=O)[O-])ccc2OC)CC1. The predicted molar refractivity (Wildman–Crippen MR) is 104 cm³/mol. The second kappa shape index (κ2) is 8.03. The standard InChI is InChI=1S/C18H21N3O6S/c1-26-16-6-4-3-5-15(16)19-9-11-20(12-10-19)28(24,25)18-13-14(21(22)23)7-8-17(18)27-2/h3-8,13H,9-12H2,1-2H3. The molecule has 0 aliphatic carbocycles. The lowest BCUT2D eigenvalue weighted by atomic mass is 10.2. The number of nitro benzene ring substituents is 1. The molecular formula is C18H21N3O6S. The number of nitro groups is 1. The van der Waals surface area contributed by atoms with Crippen LogP contribution in [0, 0.1) is 10.1 Å². The number of methoxy groups -OCH3 is 2. The van der Waals surface area contributed by atoms with Crippen LogP contribution in [0.2, 0.25) is 0 Å². The van der Waals surface area contributed by atoms with Gasteiger partial charge < -0.3 is 14.4 Å². The van der Waals surface area contributed by atoms with Crippen molar-refractivity contribution in [3.8, 4) is 11.5 Å². The number of benzene rings is 2. The molecule has 1 heterocycles. The molecule has 28 heavy (non-hydrogen) atoms. The molecule has 1 fully saturated rings. The van der Waals surface area contributed by atoms with E-state index < -0.39 is 14.9 Å². The lowest BCUT2D eigenvalue weighted by Gasteiger charge is -2.36. The van der Waals surface area contributed by atoms with Crippen LogP contribution in [0.25, 0.3) is 0 Å². The smallest absolute Gasteiger partial charge is 0.271 e. The number of ether oxygens (including phenoxy) is 2. The van der Waals surface area contributed by atoms with Crippen LogP contribution in [0.4, 0.5) is 11.4 Å². The largest absolute Gasteiger partial charge is 0.495 e. The van der Waals surface area contributed by atoms with E-state index in [-0.39, 0.29) is 29.4 Å². The molecule has 1 aliphatic rings. The number of sulfonamides is 1.